The van der Waals surface area contributed by atoms with Gasteiger partial charge in [0.05, 0.1) is 23.9 Å². The van der Waals surface area contributed by atoms with E-state index >= 15 is 0 Å². The molecule has 5 nitrogen and oxygen atoms in total. The number of carbonyl (C=O) groups excluding carboxylic acids is 1. The van der Waals surface area contributed by atoms with Crippen molar-refractivity contribution in [3.8, 4) is 17.0 Å². The number of ether oxygens (including phenoxy) is 1. The van der Waals surface area contributed by atoms with Crippen LogP contribution >= 0.6 is 0 Å². The van der Waals surface area contributed by atoms with Gasteiger partial charge in [0, 0.05) is 10.9 Å². The zero-order valence-corrected chi connectivity index (χ0v) is 12.0. The number of nitrogens with two attached hydrogens (primary N) is 1. The average molecular weight is 293 g/mol. The molecule has 1 amide bonds. The first-order valence-electron chi connectivity index (χ1n) is 6.78. The van der Waals surface area contributed by atoms with Gasteiger partial charge in [-0.25, -0.2) is 10.8 Å². The van der Waals surface area contributed by atoms with E-state index in [0.29, 0.717) is 11.3 Å². The molecule has 0 atom stereocenters. The Kier molecular flexibility index (Phi) is 3.72. The van der Waals surface area contributed by atoms with Crippen molar-refractivity contribution < 1.29 is 9.53 Å². The molecule has 0 unspecified atom stereocenters. The first-order valence-corrected chi connectivity index (χ1v) is 6.78. The van der Waals surface area contributed by atoms with Crippen LogP contribution in [-0.4, -0.2) is 18.0 Å². The molecular formula is C17H15N3O2. The van der Waals surface area contributed by atoms with E-state index in [9.17, 15) is 4.79 Å². The molecule has 2 aromatic carbocycles. The summed E-state index contributed by atoms with van der Waals surface area (Å²) in [6.45, 7) is 0. The number of rotatable bonds is 3. The minimum atomic E-state index is -0.345. The van der Waals surface area contributed by atoms with Crippen molar-refractivity contribution in [2.75, 3.05) is 7.11 Å². The van der Waals surface area contributed by atoms with E-state index in [-0.39, 0.29) is 5.91 Å². The molecule has 0 saturated heterocycles. The van der Waals surface area contributed by atoms with Crippen LogP contribution in [0.2, 0.25) is 0 Å². The largest absolute Gasteiger partial charge is 0.497 e. The number of para-hydroxylation sites is 1. The minimum Gasteiger partial charge on any atom is -0.497 e. The van der Waals surface area contributed by atoms with E-state index in [4.69, 9.17) is 10.6 Å². The van der Waals surface area contributed by atoms with Gasteiger partial charge in [-0.2, -0.15) is 0 Å². The number of benzene rings is 2. The summed E-state index contributed by atoms with van der Waals surface area (Å²) in [5.74, 6) is 5.68. The number of nitrogens with one attached hydrogen (secondary N) is 1. The summed E-state index contributed by atoms with van der Waals surface area (Å²) in [7, 11) is 1.61. The zero-order chi connectivity index (χ0) is 15.5. The summed E-state index contributed by atoms with van der Waals surface area (Å²) in [5, 5.41) is 0.761. The molecule has 3 rings (SSSR count). The molecule has 0 aliphatic rings. The number of nitrogens with zero attached hydrogens (tertiary/aromatic N) is 1. The third-order valence-corrected chi connectivity index (χ3v) is 3.46. The van der Waals surface area contributed by atoms with Crippen LogP contribution in [0.1, 0.15) is 10.4 Å². The summed E-state index contributed by atoms with van der Waals surface area (Å²) in [6, 6.07) is 16.7. The van der Waals surface area contributed by atoms with Crippen molar-refractivity contribution in [3.63, 3.8) is 0 Å². The molecule has 0 radical (unpaired) electrons. The Hall–Kier alpha value is -2.92. The molecule has 22 heavy (non-hydrogen) atoms. The summed E-state index contributed by atoms with van der Waals surface area (Å²) < 4.78 is 5.24. The van der Waals surface area contributed by atoms with Crippen LogP contribution in [0.4, 0.5) is 0 Å². The van der Waals surface area contributed by atoms with Crippen LogP contribution in [0.25, 0.3) is 22.2 Å². The van der Waals surface area contributed by atoms with Crippen LogP contribution in [0.15, 0.2) is 54.6 Å². The Bertz CT molecular complexity index is 846. The topological polar surface area (TPSA) is 77.2 Å². The van der Waals surface area contributed by atoms with Crippen LogP contribution in [-0.2, 0) is 0 Å². The lowest BCUT2D eigenvalue weighted by atomic mass is 10.0. The highest BCUT2D eigenvalue weighted by atomic mass is 16.5. The number of hydrazine groups is 1. The van der Waals surface area contributed by atoms with Gasteiger partial charge in [0.2, 0.25) is 0 Å². The molecular weight excluding hydrogens is 278 g/mol. The Labute approximate surface area is 127 Å². The molecule has 5 heteroatoms. The molecule has 0 saturated carbocycles. The van der Waals surface area contributed by atoms with Gasteiger partial charge in [-0.15, -0.1) is 0 Å². The van der Waals surface area contributed by atoms with Crippen molar-refractivity contribution in [3.05, 3.63) is 60.2 Å². The lowest BCUT2D eigenvalue weighted by molar-refractivity contribution is 0.0955. The maximum absolute atomic E-state index is 12.0. The van der Waals surface area contributed by atoms with Crippen molar-refractivity contribution >= 4 is 16.8 Å². The SMILES string of the molecule is COc1cccc(-c2cc(C(=O)NN)c3ccccc3n2)c1. The van der Waals surface area contributed by atoms with Gasteiger partial charge in [-0.3, -0.25) is 10.2 Å². The normalized spacial score (nSPS) is 10.5. The van der Waals surface area contributed by atoms with E-state index in [1.54, 1.807) is 13.2 Å². The fourth-order valence-electron chi connectivity index (χ4n) is 2.37. The van der Waals surface area contributed by atoms with E-state index < -0.39 is 0 Å². The van der Waals surface area contributed by atoms with Crippen molar-refractivity contribution in [2.24, 2.45) is 5.84 Å². The summed E-state index contributed by atoms with van der Waals surface area (Å²) in [6.07, 6.45) is 0. The number of hydrogen-bond acceptors (Lipinski definition) is 4. The Balaban J connectivity index is 2.24. The first-order chi connectivity index (χ1) is 10.7. The van der Waals surface area contributed by atoms with Gasteiger partial charge >= 0.3 is 0 Å². The highest BCUT2D eigenvalue weighted by Crippen LogP contribution is 2.27. The molecule has 0 aliphatic heterocycles. The molecule has 0 spiro atoms. The molecule has 1 heterocycles. The number of carbonyl (C=O) groups is 1. The number of fused-ring (bicyclic) bond motifs is 1. The van der Waals surface area contributed by atoms with E-state index in [0.717, 1.165) is 22.2 Å². The van der Waals surface area contributed by atoms with Crippen LogP contribution < -0.4 is 16.0 Å². The molecule has 110 valence electrons. The minimum absolute atomic E-state index is 0.345. The van der Waals surface area contributed by atoms with Crippen molar-refractivity contribution in [1.29, 1.82) is 0 Å². The highest BCUT2D eigenvalue weighted by Gasteiger charge is 2.13. The molecule has 1 aromatic heterocycles. The number of methoxy groups -OCH3 is 1. The monoisotopic (exact) mass is 293 g/mol. The second-order valence-electron chi connectivity index (χ2n) is 4.78. The lowest BCUT2D eigenvalue weighted by Gasteiger charge is -2.09. The second kappa shape index (κ2) is 5.83. The van der Waals surface area contributed by atoms with Crippen LogP contribution in [0, 0.1) is 0 Å². The number of aromatic nitrogens is 1. The second-order valence-corrected chi connectivity index (χ2v) is 4.78. The van der Waals surface area contributed by atoms with Gasteiger partial charge in [0.15, 0.2) is 0 Å². The Morgan fingerprint density at radius 1 is 1.14 bits per heavy atom. The zero-order valence-electron chi connectivity index (χ0n) is 12.0. The van der Waals surface area contributed by atoms with Gasteiger partial charge in [0.1, 0.15) is 5.75 Å². The lowest BCUT2D eigenvalue weighted by Crippen LogP contribution is -2.30. The molecule has 3 N–H and O–H groups in total. The number of nitrogen functional groups attached to an aromatic ring is 1. The number of pyridine rings is 1. The maximum Gasteiger partial charge on any atom is 0.265 e. The summed E-state index contributed by atoms with van der Waals surface area (Å²) >= 11 is 0. The van der Waals surface area contributed by atoms with Gasteiger partial charge < -0.3 is 4.74 Å². The molecule has 0 aliphatic carbocycles. The summed E-state index contributed by atoms with van der Waals surface area (Å²) in [5.41, 5.74) is 4.97. The first kappa shape index (κ1) is 14.0. The Morgan fingerprint density at radius 2 is 1.95 bits per heavy atom. The smallest absolute Gasteiger partial charge is 0.265 e. The maximum atomic E-state index is 12.0. The van der Waals surface area contributed by atoms with Crippen LogP contribution in [0.5, 0.6) is 5.75 Å². The van der Waals surface area contributed by atoms with Gasteiger partial charge in [-0.05, 0) is 24.3 Å². The number of hydrogen-bond donors (Lipinski definition) is 2. The molecule has 3 aromatic rings. The predicted octanol–water partition coefficient (Wildman–Crippen LogP) is 2.51. The van der Waals surface area contributed by atoms with Gasteiger partial charge in [-0.1, -0.05) is 30.3 Å². The average Bonchev–Trinajstić information content (AvgIpc) is 2.60. The number of amides is 1. The van der Waals surface area contributed by atoms with Crippen molar-refractivity contribution in [1.82, 2.24) is 10.4 Å². The van der Waals surface area contributed by atoms with E-state index in [1.165, 1.54) is 0 Å². The Morgan fingerprint density at radius 3 is 2.73 bits per heavy atom. The predicted molar refractivity (Wildman–Crippen MR) is 85.4 cm³/mol. The fourth-order valence-corrected chi connectivity index (χ4v) is 2.37. The third kappa shape index (κ3) is 2.49. The van der Waals surface area contributed by atoms with E-state index in [1.807, 2.05) is 48.5 Å². The summed E-state index contributed by atoms with van der Waals surface area (Å²) in [4.78, 5) is 16.7. The molecule has 0 bridgehead atoms. The standard InChI is InChI=1S/C17H15N3O2/c1-22-12-6-4-5-11(9-12)16-10-14(17(21)20-18)13-7-2-3-8-15(13)19-16/h2-10H,18H2,1H3,(H,20,21). The highest BCUT2D eigenvalue weighted by molar-refractivity contribution is 6.06. The quantitative estimate of drug-likeness (QED) is 0.442. The van der Waals surface area contributed by atoms with Crippen molar-refractivity contribution in [2.45, 2.75) is 0 Å². The molecule has 0 fully saturated rings. The van der Waals surface area contributed by atoms with Crippen LogP contribution in [0.3, 0.4) is 0 Å². The van der Waals surface area contributed by atoms with Gasteiger partial charge in [0.25, 0.3) is 5.91 Å². The third-order valence-electron chi connectivity index (χ3n) is 3.46. The fraction of sp³-hybridized carbons (Fsp3) is 0.0588. The van der Waals surface area contributed by atoms with E-state index in [2.05, 4.69) is 10.4 Å².